The van der Waals surface area contributed by atoms with Gasteiger partial charge in [-0.25, -0.2) is 0 Å². The maximum Gasteiger partial charge on any atom is 0.0713 e. The van der Waals surface area contributed by atoms with Crippen LogP contribution < -0.4 is 0 Å². The predicted octanol–water partition coefficient (Wildman–Crippen LogP) is 3.51. The molecule has 0 aromatic carbocycles. The summed E-state index contributed by atoms with van der Waals surface area (Å²) in [6.45, 7) is 0. The first kappa shape index (κ1) is 10.1. The van der Waals surface area contributed by atoms with E-state index in [0.717, 1.165) is 12.3 Å². The fourth-order valence-electron chi connectivity index (χ4n) is 4.37. The fraction of sp³-hybridized carbons (Fsp3) is 1.00. The molecule has 0 aromatic rings. The van der Waals surface area contributed by atoms with Crippen LogP contribution in [0, 0.1) is 17.8 Å². The third-order valence-corrected chi connectivity index (χ3v) is 5.28. The molecule has 2 unspecified atom stereocenters. The van der Waals surface area contributed by atoms with Crippen molar-refractivity contribution in [1.82, 2.24) is 0 Å². The Labute approximate surface area is 93.3 Å². The van der Waals surface area contributed by atoms with Gasteiger partial charge < -0.3 is 5.11 Å². The van der Waals surface area contributed by atoms with Crippen molar-refractivity contribution in [3.8, 4) is 0 Å². The number of rotatable bonds is 2. The molecule has 0 radical (unpaired) electrons. The van der Waals surface area contributed by atoms with E-state index in [1.54, 1.807) is 0 Å². The summed E-state index contributed by atoms with van der Waals surface area (Å²) in [7, 11) is 0. The van der Waals surface area contributed by atoms with Crippen molar-refractivity contribution in [3.63, 3.8) is 0 Å². The Morgan fingerprint density at radius 2 is 1.33 bits per heavy atom. The van der Waals surface area contributed by atoms with E-state index >= 15 is 0 Å². The number of fused-ring (bicyclic) bond motifs is 1. The molecule has 86 valence electrons. The van der Waals surface area contributed by atoms with Gasteiger partial charge in [0.1, 0.15) is 0 Å². The van der Waals surface area contributed by atoms with Crippen molar-refractivity contribution in [1.29, 1.82) is 0 Å². The second-order valence-electron chi connectivity index (χ2n) is 6.20. The van der Waals surface area contributed by atoms with E-state index in [1.807, 2.05) is 0 Å². The molecule has 1 heteroatoms. The van der Waals surface area contributed by atoms with E-state index < -0.39 is 0 Å². The van der Waals surface area contributed by atoms with Crippen molar-refractivity contribution in [2.45, 2.75) is 69.8 Å². The summed E-state index contributed by atoms with van der Waals surface area (Å²) < 4.78 is 0. The van der Waals surface area contributed by atoms with Crippen molar-refractivity contribution in [2.24, 2.45) is 17.8 Å². The van der Waals surface area contributed by atoms with Gasteiger partial charge in [0.15, 0.2) is 0 Å². The third-order valence-electron chi connectivity index (χ3n) is 5.28. The smallest absolute Gasteiger partial charge is 0.0713 e. The minimum atomic E-state index is -0.196. The van der Waals surface area contributed by atoms with Gasteiger partial charge in [0.05, 0.1) is 5.60 Å². The highest BCUT2D eigenvalue weighted by Gasteiger charge is 2.63. The summed E-state index contributed by atoms with van der Waals surface area (Å²) in [5.74, 6) is 2.26. The molecule has 0 amide bonds. The third kappa shape index (κ3) is 1.73. The van der Waals surface area contributed by atoms with Gasteiger partial charge in [-0.1, -0.05) is 44.9 Å². The van der Waals surface area contributed by atoms with Crippen molar-refractivity contribution < 1.29 is 5.11 Å². The standard InChI is InChI=1S/C14H24O/c15-14(10-11-6-2-1-3-7-11)12-8-4-5-9-13(12)14/h11-13,15H,1-10H2. The average molecular weight is 208 g/mol. The summed E-state index contributed by atoms with van der Waals surface area (Å²) in [5, 5.41) is 10.6. The van der Waals surface area contributed by atoms with E-state index in [4.69, 9.17) is 0 Å². The molecule has 3 saturated carbocycles. The van der Waals surface area contributed by atoms with Gasteiger partial charge in [-0.05, 0) is 37.0 Å². The molecule has 0 aromatic heterocycles. The molecule has 0 spiro atoms. The van der Waals surface area contributed by atoms with Gasteiger partial charge in [-0.3, -0.25) is 0 Å². The summed E-state index contributed by atoms with van der Waals surface area (Å²) in [6.07, 6.45) is 13.5. The normalized spacial score (nSPS) is 46.2. The Hall–Kier alpha value is -0.0400. The molecule has 3 aliphatic carbocycles. The second-order valence-corrected chi connectivity index (χ2v) is 6.20. The van der Waals surface area contributed by atoms with Crippen LogP contribution in [-0.4, -0.2) is 10.7 Å². The maximum atomic E-state index is 10.6. The zero-order valence-electron chi connectivity index (χ0n) is 9.75. The monoisotopic (exact) mass is 208 g/mol. The number of hydrogen-bond acceptors (Lipinski definition) is 1. The van der Waals surface area contributed by atoms with Crippen LogP contribution in [0.5, 0.6) is 0 Å². The molecule has 0 saturated heterocycles. The minimum Gasteiger partial charge on any atom is -0.389 e. The van der Waals surface area contributed by atoms with Gasteiger partial charge in [0.2, 0.25) is 0 Å². The Morgan fingerprint density at radius 3 is 1.93 bits per heavy atom. The van der Waals surface area contributed by atoms with Crippen molar-refractivity contribution in [2.75, 3.05) is 0 Å². The van der Waals surface area contributed by atoms with Crippen LogP contribution in [0.1, 0.15) is 64.2 Å². The van der Waals surface area contributed by atoms with Gasteiger partial charge in [-0.15, -0.1) is 0 Å². The van der Waals surface area contributed by atoms with Crippen LogP contribution >= 0.6 is 0 Å². The topological polar surface area (TPSA) is 20.2 Å². The summed E-state index contributed by atoms with van der Waals surface area (Å²) >= 11 is 0. The molecule has 15 heavy (non-hydrogen) atoms. The molecule has 3 fully saturated rings. The largest absolute Gasteiger partial charge is 0.389 e. The Morgan fingerprint density at radius 1 is 0.800 bits per heavy atom. The molecule has 3 aliphatic rings. The molecular weight excluding hydrogens is 184 g/mol. The number of aliphatic hydroxyl groups is 1. The lowest BCUT2D eigenvalue weighted by molar-refractivity contribution is 0.0797. The quantitative estimate of drug-likeness (QED) is 0.736. The van der Waals surface area contributed by atoms with Gasteiger partial charge in [0, 0.05) is 0 Å². The molecule has 0 aliphatic heterocycles. The van der Waals surface area contributed by atoms with Crippen LogP contribution in [-0.2, 0) is 0 Å². The average Bonchev–Trinajstić information content (AvgIpc) is 2.87. The zero-order chi connectivity index (χ0) is 10.3. The molecule has 2 atom stereocenters. The van der Waals surface area contributed by atoms with Crippen LogP contribution in [0.25, 0.3) is 0 Å². The lowest BCUT2D eigenvalue weighted by Gasteiger charge is -2.24. The maximum absolute atomic E-state index is 10.6. The van der Waals surface area contributed by atoms with Crippen LogP contribution in [0.15, 0.2) is 0 Å². The summed E-state index contributed by atoms with van der Waals surface area (Å²) in [5.41, 5.74) is -0.196. The van der Waals surface area contributed by atoms with E-state index in [1.165, 1.54) is 57.8 Å². The van der Waals surface area contributed by atoms with E-state index in [2.05, 4.69) is 0 Å². The van der Waals surface area contributed by atoms with Gasteiger partial charge in [-0.2, -0.15) is 0 Å². The Balaban J connectivity index is 1.58. The molecular formula is C14H24O. The minimum absolute atomic E-state index is 0.196. The lowest BCUT2D eigenvalue weighted by Crippen LogP contribution is -2.20. The van der Waals surface area contributed by atoms with Crippen molar-refractivity contribution >= 4 is 0 Å². The van der Waals surface area contributed by atoms with Crippen LogP contribution in [0.3, 0.4) is 0 Å². The zero-order valence-corrected chi connectivity index (χ0v) is 9.75. The van der Waals surface area contributed by atoms with Crippen LogP contribution in [0.2, 0.25) is 0 Å². The molecule has 1 N–H and O–H groups in total. The highest BCUT2D eigenvalue weighted by atomic mass is 16.3. The summed E-state index contributed by atoms with van der Waals surface area (Å²) in [6, 6.07) is 0. The highest BCUT2D eigenvalue weighted by Crippen LogP contribution is 2.61. The molecule has 1 nitrogen and oxygen atoms in total. The SMILES string of the molecule is OC1(CC2CCCCC2)C2CCCCC21. The van der Waals surface area contributed by atoms with Gasteiger partial charge >= 0.3 is 0 Å². The molecule has 0 heterocycles. The fourth-order valence-corrected chi connectivity index (χ4v) is 4.37. The summed E-state index contributed by atoms with van der Waals surface area (Å²) in [4.78, 5) is 0. The molecule has 0 bridgehead atoms. The van der Waals surface area contributed by atoms with Gasteiger partial charge in [0.25, 0.3) is 0 Å². The molecule has 3 rings (SSSR count). The van der Waals surface area contributed by atoms with Crippen molar-refractivity contribution in [3.05, 3.63) is 0 Å². The predicted molar refractivity (Wildman–Crippen MR) is 61.6 cm³/mol. The first-order chi connectivity index (χ1) is 7.31. The van der Waals surface area contributed by atoms with E-state index in [0.29, 0.717) is 11.8 Å². The lowest BCUT2D eigenvalue weighted by atomic mass is 9.84. The first-order valence-corrected chi connectivity index (χ1v) is 7.03. The van der Waals surface area contributed by atoms with E-state index in [9.17, 15) is 5.11 Å². The van der Waals surface area contributed by atoms with E-state index in [-0.39, 0.29) is 5.60 Å². The Bertz CT molecular complexity index is 217. The highest BCUT2D eigenvalue weighted by molar-refractivity contribution is 5.13. The number of hydrogen-bond donors (Lipinski definition) is 1. The Kier molecular flexibility index (Phi) is 2.54. The van der Waals surface area contributed by atoms with Crippen LogP contribution in [0.4, 0.5) is 0 Å². The first-order valence-electron chi connectivity index (χ1n) is 7.03. The second kappa shape index (κ2) is 3.76.